The van der Waals surface area contributed by atoms with Crippen molar-refractivity contribution in [2.45, 2.75) is 44.2 Å². The second-order valence-corrected chi connectivity index (χ2v) is 6.35. The molecule has 0 aliphatic carbocycles. The predicted octanol–water partition coefficient (Wildman–Crippen LogP) is 0.356. The van der Waals surface area contributed by atoms with Crippen molar-refractivity contribution in [2.75, 3.05) is 39.4 Å². The number of hydrogen-bond donors (Lipinski definition) is 2. The molecule has 0 aromatic heterocycles. The van der Waals surface area contributed by atoms with Crippen molar-refractivity contribution in [1.29, 1.82) is 0 Å². The molecule has 0 saturated carbocycles. The van der Waals surface area contributed by atoms with Gasteiger partial charge in [-0.2, -0.15) is 0 Å². The van der Waals surface area contributed by atoms with Crippen LogP contribution in [0.2, 0.25) is 0 Å². The molecule has 0 aromatic rings. The zero-order chi connectivity index (χ0) is 13.8. The number of carbonyl (C=O) groups excluding carboxylic acids is 1. The largest absolute Gasteiger partial charge is 0.381 e. The average Bonchev–Trinajstić information content (AvgIpc) is 3.17. The van der Waals surface area contributed by atoms with Gasteiger partial charge in [0.2, 0.25) is 5.91 Å². The minimum atomic E-state index is 0.112. The third-order valence-electron chi connectivity index (χ3n) is 4.96. The third-order valence-corrected chi connectivity index (χ3v) is 4.96. The highest BCUT2D eigenvalue weighted by Crippen LogP contribution is 2.24. The van der Waals surface area contributed by atoms with E-state index in [-0.39, 0.29) is 11.9 Å². The van der Waals surface area contributed by atoms with Crippen molar-refractivity contribution in [3.05, 3.63) is 0 Å². The first-order valence-corrected chi connectivity index (χ1v) is 8.16. The highest BCUT2D eigenvalue weighted by atomic mass is 16.5. The molecule has 2 N–H and O–H groups in total. The topological polar surface area (TPSA) is 53.6 Å². The lowest BCUT2D eigenvalue weighted by molar-refractivity contribution is -0.126. The van der Waals surface area contributed by atoms with Gasteiger partial charge >= 0.3 is 0 Å². The molecule has 5 nitrogen and oxygen atoms in total. The summed E-state index contributed by atoms with van der Waals surface area (Å²) in [6.45, 7) is 5.72. The standard InChI is InChI=1S/C15H27N3O2/c19-15(17-10-12-5-9-20-11-12)14-2-1-8-18(14)13-3-6-16-7-4-13/h12-14,16H,1-11H2,(H,17,19). The second kappa shape index (κ2) is 6.87. The Morgan fingerprint density at radius 2 is 2.10 bits per heavy atom. The molecule has 3 saturated heterocycles. The van der Waals surface area contributed by atoms with Crippen molar-refractivity contribution < 1.29 is 9.53 Å². The maximum absolute atomic E-state index is 12.4. The van der Waals surface area contributed by atoms with Gasteiger partial charge in [-0.1, -0.05) is 0 Å². The highest BCUT2D eigenvalue weighted by molar-refractivity contribution is 5.82. The number of piperidine rings is 1. The fourth-order valence-corrected chi connectivity index (χ4v) is 3.75. The Hall–Kier alpha value is -0.650. The fourth-order valence-electron chi connectivity index (χ4n) is 3.75. The minimum absolute atomic E-state index is 0.112. The Bertz CT molecular complexity index is 325. The third kappa shape index (κ3) is 3.32. The van der Waals surface area contributed by atoms with E-state index in [0.717, 1.165) is 58.7 Å². The van der Waals surface area contributed by atoms with Crippen molar-refractivity contribution >= 4 is 5.91 Å². The van der Waals surface area contributed by atoms with E-state index in [4.69, 9.17) is 4.74 Å². The van der Waals surface area contributed by atoms with E-state index >= 15 is 0 Å². The van der Waals surface area contributed by atoms with Crippen LogP contribution in [0.5, 0.6) is 0 Å². The Balaban J connectivity index is 1.49. The molecule has 3 aliphatic heterocycles. The number of ether oxygens (including phenoxy) is 1. The fraction of sp³-hybridized carbons (Fsp3) is 0.933. The Kier molecular flexibility index (Phi) is 4.91. The molecule has 5 heteroatoms. The Labute approximate surface area is 121 Å². The first-order chi connectivity index (χ1) is 9.84. The summed E-state index contributed by atoms with van der Waals surface area (Å²) < 4.78 is 5.36. The van der Waals surface area contributed by atoms with Crippen LogP contribution in [-0.2, 0) is 9.53 Å². The van der Waals surface area contributed by atoms with Crippen molar-refractivity contribution in [2.24, 2.45) is 5.92 Å². The lowest BCUT2D eigenvalue weighted by Gasteiger charge is -2.35. The van der Waals surface area contributed by atoms with Crippen LogP contribution < -0.4 is 10.6 Å². The first kappa shape index (κ1) is 14.3. The van der Waals surface area contributed by atoms with E-state index in [1.165, 1.54) is 12.8 Å². The molecule has 0 aromatic carbocycles. The van der Waals surface area contributed by atoms with E-state index in [0.29, 0.717) is 12.0 Å². The van der Waals surface area contributed by atoms with Crippen molar-refractivity contribution in [3.63, 3.8) is 0 Å². The summed E-state index contributed by atoms with van der Waals surface area (Å²) in [4.78, 5) is 14.9. The summed E-state index contributed by atoms with van der Waals surface area (Å²) in [7, 11) is 0. The first-order valence-electron chi connectivity index (χ1n) is 8.16. The van der Waals surface area contributed by atoms with Gasteiger partial charge in [0.25, 0.3) is 0 Å². The van der Waals surface area contributed by atoms with Gasteiger partial charge < -0.3 is 15.4 Å². The smallest absolute Gasteiger partial charge is 0.237 e. The molecule has 114 valence electrons. The average molecular weight is 281 g/mol. The predicted molar refractivity (Wildman–Crippen MR) is 77.6 cm³/mol. The molecular weight excluding hydrogens is 254 g/mol. The van der Waals surface area contributed by atoms with E-state index in [2.05, 4.69) is 15.5 Å². The van der Waals surface area contributed by atoms with Crippen LogP contribution in [-0.4, -0.2) is 62.3 Å². The summed E-state index contributed by atoms with van der Waals surface area (Å²) >= 11 is 0. The molecule has 0 spiro atoms. The number of nitrogens with one attached hydrogen (secondary N) is 2. The summed E-state index contributed by atoms with van der Waals surface area (Å²) in [5.74, 6) is 0.764. The molecule has 3 heterocycles. The van der Waals surface area contributed by atoms with Gasteiger partial charge in [-0.15, -0.1) is 0 Å². The van der Waals surface area contributed by atoms with Gasteiger partial charge in [-0.05, 0) is 51.7 Å². The van der Waals surface area contributed by atoms with Gasteiger partial charge in [-0.25, -0.2) is 0 Å². The van der Waals surface area contributed by atoms with E-state index in [9.17, 15) is 4.79 Å². The number of likely N-dealkylation sites (tertiary alicyclic amines) is 1. The molecule has 1 amide bonds. The van der Waals surface area contributed by atoms with Crippen LogP contribution in [0.3, 0.4) is 0 Å². The van der Waals surface area contributed by atoms with E-state index in [1.54, 1.807) is 0 Å². The number of amides is 1. The number of nitrogens with zero attached hydrogens (tertiary/aromatic N) is 1. The molecule has 0 bridgehead atoms. The Morgan fingerprint density at radius 3 is 2.85 bits per heavy atom. The lowest BCUT2D eigenvalue weighted by atomic mass is 10.0. The summed E-state index contributed by atoms with van der Waals surface area (Å²) in [5.41, 5.74) is 0. The van der Waals surface area contributed by atoms with Crippen LogP contribution in [0.15, 0.2) is 0 Å². The quantitative estimate of drug-likeness (QED) is 0.781. The highest BCUT2D eigenvalue weighted by Gasteiger charge is 2.35. The number of rotatable bonds is 4. The lowest BCUT2D eigenvalue weighted by Crippen LogP contribution is -2.51. The minimum Gasteiger partial charge on any atom is -0.381 e. The molecule has 3 aliphatic rings. The van der Waals surface area contributed by atoms with E-state index < -0.39 is 0 Å². The van der Waals surface area contributed by atoms with Crippen molar-refractivity contribution in [1.82, 2.24) is 15.5 Å². The zero-order valence-corrected chi connectivity index (χ0v) is 12.3. The molecule has 2 atom stereocenters. The number of hydrogen-bond acceptors (Lipinski definition) is 4. The molecule has 20 heavy (non-hydrogen) atoms. The van der Waals surface area contributed by atoms with Gasteiger partial charge in [-0.3, -0.25) is 9.69 Å². The summed E-state index contributed by atoms with van der Waals surface area (Å²) in [5, 5.41) is 6.56. The van der Waals surface area contributed by atoms with Crippen LogP contribution >= 0.6 is 0 Å². The van der Waals surface area contributed by atoms with Crippen LogP contribution in [0.1, 0.15) is 32.1 Å². The van der Waals surface area contributed by atoms with Crippen molar-refractivity contribution in [3.8, 4) is 0 Å². The van der Waals surface area contributed by atoms with E-state index in [1.807, 2.05) is 0 Å². The van der Waals surface area contributed by atoms with Crippen LogP contribution in [0.25, 0.3) is 0 Å². The van der Waals surface area contributed by atoms with Crippen LogP contribution in [0.4, 0.5) is 0 Å². The summed E-state index contributed by atoms with van der Waals surface area (Å²) in [6, 6.07) is 0.713. The van der Waals surface area contributed by atoms with Gasteiger partial charge in [0.1, 0.15) is 0 Å². The SMILES string of the molecule is O=C(NCC1CCOC1)C1CCCN1C1CCNCC1. The maximum Gasteiger partial charge on any atom is 0.237 e. The molecular formula is C15H27N3O2. The zero-order valence-electron chi connectivity index (χ0n) is 12.3. The number of carbonyl (C=O) groups is 1. The van der Waals surface area contributed by atoms with Gasteiger partial charge in [0.05, 0.1) is 12.6 Å². The van der Waals surface area contributed by atoms with Crippen LogP contribution in [0, 0.1) is 5.92 Å². The molecule has 0 radical (unpaired) electrons. The summed E-state index contributed by atoms with van der Waals surface area (Å²) in [6.07, 6.45) is 5.63. The second-order valence-electron chi connectivity index (χ2n) is 6.35. The maximum atomic E-state index is 12.4. The normalized spacial score (nSPS) is 32.6. The monoisotopic (exact) mass is 281 g/mol. The molecule has 3 fully saturated rings. The van der Waals surface area contributed by atoms with Gasteiger partial charge in [0, 0.05) is 25.1 Å². The molecule has 2 unspecified atom stereocenters. The van der Waals surface area contributed by atoms with Gasteiger partial charge in [0.15, 0.2) is 0 Å². The Morgan fingerprint density at radius 1 is 1.25 bits per heavy atom. The molecule has 3 rings (SSSR count).